The van der Waals surface area contributed by atoms with Gasteiger partial charge in [0.1, 0.15) is 6.61 Å². The summed E-state index contributed by atoms with van der Waals surface area (Å²) in [6.45, 7) is 5.67. The first-order valence-corrected chi connectivity index (χ1v) is 3.84. The molecule has 0 amide bonds. The number of carbonyl (C=O) groups excluding carboxylic acids is 1. The monoisotopic (exact) mass is 176 g/mol. The molecule has 0 aromatic carbocycles. The highest BCUT2D eigenvalue weighted by atomic mass is 35.5. The van der Waals surface area contributed by atoms with Crippen LogP contribution >= 0.6 is 11.6 Å². The van der Waals surface area contributed by atoms with Crippen LogP contribution in [0.2, 0.25) is 0 Å². The molecule has 0 fully saturated rings. The molecule has 0 aliphatic rings. The van der Waals surface area contributed by atoms with Gasteiger partial charge in [-0.25, -0.2) is 0 Å². The smallest absolute Gasteiger partial charge is 0.311 e. The highest BCUT2D eigenvalue weighted by Gasteiger charge is 2.22. The molecule has 0 aliphatic carbocycles. The fourth-order valence-electron chi connectivity index (χ4n) is 0.377. The maximum atomic E-state index is 11.0. The molecule has 11 heavy (non-hydrogen) atoms. The molecule has 0 aromatic heterocycles. The second kappa shape index (κ2) is 4.39. The van der Waals surface area contributed by atoms with Gasteiger partial charge in [-0.15, -0.1) is 0 Å². The van der Waals surface area contributed by atoms with Gasteiger partial charge in [0.05, 0.1) is 5.41 Å². The first-order valence-electron chi connectivity index (χ1n) is 3.41. The van der Waals surface area contributed by atoms with Crippen molar-refractivity contribution in [3.63, 3.8) is 0 Å². The molecule has 0 spiro atoms. The Hall–Kier alpha value is -0.500. The van der Waals surface area contributed by atoms with Crippen LogP contribution in [0.15, 0.2) is 11.6 Å². The van der Waals surface area contributed by atoms with Gasteiger partial charge in [0.25, 0.3) is 0 Å². The van der Waals surface area contributed by atoms with Gasteiger partial charge in [-0.05, 0) is 26.8 Å². The fourth-order valence-corrected chi connectivity index (χ4v) is 0.449. The number of ether oxygens (including phenoxy) is 1. The molecule has 0 saturated carbocycles. The average Bonchev–Trinajstić information content (AvgIpc) is 1.86. The number of hydrogen-bond acceptors (Lipinski definition) is 2. The van der Waals surface area contributed by atoms with E-state index in [-0.39, 0.29) is 12.6 Å². The van der Waals surface area contributed by atoms with E-state index in [1.165, 1.54) is 5.54 Å². The summed E-state index contributed by atoms with van der Waals surface area (Å²) < 4.78 is 4.84. The van der Waals surface area contributed by atoms with Crippen molar-refractivity contribution in [3.05, 3.63) is 11.6 Å². The summed E-state index contributed by atoms with van der Waals surface area (Å²) in [6, 6.07) is 0. The number of carbonyl (C=O) groups is 1. The molecule has 0 aromatic rings. The molecule has 0 heterocycles. The van der Waals surface area contributed by atoms with E-state index in [2.05, 4.69) is 0 Å². The molecule has 0 rings (SSSR count). The van der Waals surface area contributed by atoms with E-state index in [0.717, 1.165) is 0 Å². The van der Waals surface area contributed by atoms with Crippen molar-refractivity contribution in [2.75, 3.05) is 6.61 Å². The van der Waals surface area contributed by atoms with Crippen molar-refractivity contribution >= 4 is 17.6 Å². The number of esters is 1. The van der Waals surface area contributed by atoms with Crippen molar-refractivity contribution < 1.29 is 9.53 Å². The lowest BCUT2D eigenvalue weighted by Gasteiger charge is -2.15. The Bertz CT molecular complexity index is 156. The van der Waals surface area contributed by atoms with Gasteiger partial charge in [0.2, 0.25) is 0 Å². The van der Waals surface area contributed by atoms with E-state index < -0.39 is 5.41 Å². The zero-order chi connectivity index (χ0) is 8.91. The van der Waals surface area contributed by atoms with Gasteiger partial charge in [-0.3, -0.25) is 4.79 Å². The fraction of sp³-hybridized carbons (Fsp3) is 0.625. The van der Waals surface area contributed by atoms with Gasteiger partial charge >= 0.3 is 5.97 Å². The normalized spacial score (nSPS) is 12.0. The topological polar surface area (TPSA) is 26.3 Å². The minimum Gasteiger partial charge on any atom is -0.461 e. The highest BCUT2D eigenvalue weighted by Crippen LogP contribution is 2.14. The molecule has 3 heteroatoms. The van der Waals surface area contributed by atoms with Gasteiger partial charge in [-0.1, -0.05) is 11.6 Å². The van der Waals surface area contributed by atoms with Crippen molar-refractivity contribution in [3.8, 4) is 0 Å². The average molecular weight is 177 g/mol. The van der Waals surface area contributed by atoms with Crippen molar-refractivity contribution in [1.82, 2.24) is 0 Å². The molecule has 0 unspecified atom stereocenters. The molecule has 0 saturated heterocycles. The van der Waals surface area contributed by atoms with E-state index in [0.29, 0.717) is 0 Å². The van der Waals surface area contributed by atoms with Crippen LogP contribution in [0.3, 0.4) is 0 Å². The molecular formula is C8H13ClO2. The molecular weight excluding hydrogens is 164 g/mol. The van der Waals surface area contributed by atoms with Crippen LogP contribution in [0.25, 0.3) is 0 Å². The van der Waals surface area contributed by atoms with Gasteiger partial charge in [0, 0.05) is 5.54 Å². The Morgan fingerprint density at radius 3 is 2.45 bits per heavy atom. The predicted octanol–water partition coefficient (Wildman–Crippen LogP) is 2.33. The third kappa shape index (κ3) is 4.85. The summed E-state index contributed by atoms with van der Waals surface area (Å²) in [4.78, 5) is 11.0. The van der Waals surface area contributed by atoms with Gasteiger partial charge in [0.15, 0.2) is 0 Å². The van der Waals surface area contributed by atoms with Gasteiger partial charge in [-0.2, -0.15) is 0 Å². The third-order valence-corrected chi connectivity index (χ3v) is 1.19. The van der Waals surface area contributed by atoms with Crippen molar-refractivity contribution in [1.29, 1.82) is 0 Å². The van der Waals surface area contributed by atoms with E-state index >= 15 is 0 Å². The number of hydrogen-bond donors (Lipinski definition) is 0. The third-order valence-electron chi connectivity index (χ3n) is 1.01. The standard InChI is InChI=1S/C8H13ClO2/c1-8(2,3)7(10)11-6-4-5-9/h4-5H,6H2,1-3H3/b5-4+. The maximum Gasteiger partial charge on any atom is 0.311 e. The summed E-state index contributed by atoms with van der Waals surface area (Å²) in [5.41, 5.74) is 0.899. The first-order chi connectivity index (χ1) is 4.98. The Morgan fingerprint density at radius 1 is 1.55 bits per heavy atom. The van der Waals surface area contributed by atoms with Crippen molar-refractivity contribution in [2.45, 2.75) is 20.8 Å². The molecule has 64 valence electrons. The largest absolute Gasteiger partial charge is 0.461 e. The number of rotatable bonds is 2. The van der Waals surface area contributed by atoms with Crippen LogP contribution in [0.5, 0.6) is 0 Å². The summed E-state index contributed by atoms with van der Waals surface area (Å²) >= 11 is 5.23. The van der Waals surface area contributed by atoms with E-state index in [4.69, 9.17) is 16.3 Å². The number of halogens is 1. The first kappa shape index (κ1) is 10.5. The zero-order valence-electron chi connectivity index (χ0n) is 7.06. The summed E-state index contributed by atoms with van der Waals surface area (Å²) in [6.07, 6.45) is 1.57. The lowest BCUT2D eigenvalue weighted by atomic mass is 9.97. The Kier molecular flexibility index (Phi) is 4.19. The molecule has 0 aliphatic heterocycles. The Morgan fingerprint density at radius 2 is 2.09 bits per heavy atom. The molecule has 0 bridgehead atoms. The lowest BCUT2D eigenvalue weighted by Crippen LogP contribution is -2.22. The van der Waals surface area contributed by atoms with Crippen LogP contribution in [0.1, 0.15) is 20.8 Å². The summed E-state index contributed by atoms with van der Waals surface area (Å²) in [7, 11) is 0. The second-order valence-electron chi connectivity index (χ2n) is 3.21. The van der Waals surface area contributed by atoms with Crippen LogP contribution in [-0.4, -0.2) is 12.6 Å². The van der Waals surface area contributed by atoms with E-state index in [1.54, 1.807) is 26.8 Å². The molecule has 0 N–H and O–H groups in total. The zero-order valence-corrected chi connectivity index (χ0v) is 7.81. The lowest BCUT2D eigenvalue weighted by molar-refractivity contribution is -0.151. The highest BCUT2D eigenvalue weighted by molar-refractivity contribution is 6.25. The van der Waals surface area contributed by atoms with Crippen LogP contribution < -0.4 is 0 Å². The quantitative estimate of drug-likeness (QED) is 0.604. The Labute approximate surface area is 72.2 Å². The molecule has 2 nitrogen and oxygen atoms in total. The van der Waals surface area contributed by atoms with E-state index in [1.807, 2.05) is 0 Å². The Balaban J connectivity index is 3.71. The molecule has 0 radical (unpaired) electrons. The predicted molar refractivity (Wildman–Crippen MR) is 45.4 cm³/mol. The van der Waals surface area contributed by atoms with Crippen LogP contribution in [-0.2, 0) is 9.53 Å². The van der Waals surface area contributed by atoms with Crippen molar-refractivity contribution in [2.24, 2.45) is 5.41 Å². The minimum atomic E-state index is -0.430. The van der Waals surface area contributed by atoms with E-state index in [9.17, 15) is 4.79 Å². The summed E-state index contributed by atoms with van der Waals surface area (Å²) in [5.74, 6) is -0.215. The second-order valence-corrected chi connectivity index (χ2v) is 3.46. The SMILES string of the molecule is CC(C)(C)C(=O)OC/C=C/Cl. The van der Waals surface area contributed by atoms with Crippen LogP contribution in [0, 0.1) is 5.41 Å². The van der Waals surface area contributed by atoms with Crippen LogP contribution in [0.4, 0.5) is 0 Å². The maximum absolute atomic E-state index is 11.0. The molecule has 0 atom stereocenters. The minimum absolute atomic E-state index is 0.215. The summed E-state index contributed by atoms with van der Waals surface area (Å²) in [5, 5.41) is 0. The van der Waals surface area contributed by atoms with Gasteiger partial charge < -0.3 is 4.74 Å².